The van der Waals surface area contributed by atoms with Gasteiger partial charge in [-0.3, -0.25) is 14.7 Å². The molecule has 0 N–H and O–H groups in total. The molecule has 1 fully saturated rings. The van der Waals surface area contributed by atoms with E-state index in [0.717, 1.165) is 42.9 Å². The third kappa shape index (κ3) is 5.30. The van der Waals surface area contributed by atoms with Crippen LogP contribution in [0.1, 0.15) is 11.3 Å². The lowest BCUT2D eigenvalue weighted by atomic mass is 10.2. The number of halogens is 1. The van der Waals surface area contributed by atoms with E-state index in [1.54, 1.807) is 11.8 Å². The fourth-order valence-electron chi connectivity index (χ4n) is 2.88. The first-order chi connectivity index (χ1) is 12.1. The Labute approximate surface area is 161 Å². The largest absolute Gasteiger partial charge is 0.339 e. The zero-order valence-electron chi connectivity index (χ0n) is 14.3. The summed E-state index contributed by atoms with van der Waals surface area (Å²) in [5.41, 5.74) is 2.29. The molecule has 2 aromatic rings. The van der Waals surface area contributed by atoms with Gasteiger partial charge >= 0.3 is 0 Å². The van der Waals surface area contributed by atoms with Gasteiger partial charge in [0.1, 0.15) is 0 Å². The van der Waals surface area contributed by atoms with E-state index in [-0.39, 0.29) is 5.91 Å². The Hall–Kier alpha value is -1.37. The molecule has 0 radical (unpaired) electrons. The molecule has 6 heteroatoms. The first-order valence-corrected chi connectivity index (χ1v) is 10.2. The Kier molecular flexibility index (Phi) is 6.51. The summed E-state index contributed by atoms with van der Waals surface area (Å²) in [7, 11) is 0. The summed E-state index contributed by atoms with van der Waals surface area (Å²) in [6.45, 7) is 6.34. The number of pyridine rings is 1. The summed E-state index contributed by atoms with van der Waals surface area (Å²) in [4.78, 5) is 22.4. The van der Waals surface area contributed by atoms with E-state index in [9.17, 15) is 4.79 Å². The first kappa shape index (κ1) is 18.4. The number of aryl methyl sites for hydroxylation is 1. The number of hydrogen-bond donors (Lipinski definition) is 0. The summed E-state index contributed by atoms with van der Waals surface area (Å²) in [5.74, 6) is 0.729. The van der Waals surface area contributed by atoms with Crippen molar-refractivity contribution in [3.63, 3.8) is 0 Å². The summed E-state index contributed by atoms with van der Waals surface area (Å²) in [5, 5.41) is 0. The van der Waals surface area contributed by atoms with Crippen LogP contribution in [0.4, 0.5) is 0 Å². The molecule has 3 rings (SSSR count). The van der Waals surface area contributed by atoms with Crippen molar-refractivity contribution in [1.82, 2.24) is 14.8 Å². The molecule has 0 unspecified atom stereocenters. The van der Waals surface area contributed by atoms with E-state index in [1.807, 2.05) is 29.3 Å². The van der Waals surface area contributed by atoms with Crippen LogP contribution in [0.3, 0.4) is 0 Å². The van der Waals surface area contributed by atoms with Gasteiger partial charge < -0.3 is 4.90 Å². The smallest absolute Gasteiger partial charge is 0.233 e. The maximum absolute atomic E-state index is 12.5. The fraction of sp³-hybridized carbons (Fsp3) is 0.368. The lowest BCUT2D eigenvalue weighted by molar-refractivity contribution is -0.130. The third-order valence-corrected chi connectivity index (χ3v) is 5.98. The van der Waals surface area contributed by atoms with E-state index in [2.05, 4.69) is 50.9 Å². The number of aromatic nitrogens is 1. The van der Waals surface area contributed by atoms with Gasteiger partial charge in [0.25, 0.3) is 0 Å². The van der Waals surface area contributed by atoms with Crippen molar-refractivity contribution in [2.24, 2.45) is 0 Å². The predicted molar refractivity (Wildman–Crippen MR) is 106 cm³/mol. The van der Waals surface area contributed by atoms with Gasteiger partial charge in [-0.2, -0.15) is 0 Å². The van der Waals surface area contributed by atoms with Crippen LogP contribution in [0.5, 0.6) is 0 Å². The zero-order valence-corrected chi connectivity index (χ0v) is 16.7. The van der Waals surface area contributed by atoms with Crippen LogP contribution in [0.2, 0.25) is 0 Å². The average Bonchev–Trinajstić information content (AvgIpc) is 2.62. The second-order valence-electron chi connectivity index (χ2n) is 6.18. The van der Waals surface area contributed by atoms with Crippen molar-refractivity contribution in [3.05, 3.63) is 58.3 Å². The molecule has 4 nitrogen and oxygen atoms in total. The molecule has 1 aliphatic heterocycles. The van der Waals surface area contributed by atoms with Crippen molar-refractivity contribution in [1.29, 1.82) is 0 Å². The lowest BCUT2D eigenvalue weighted by Crippen LogP contribution is -2.48. The lowest BCUT2D eigenvalue weighted by Gasteiger charge is -2.34. The fourth-order valence-corrected chi connectivity index (χ4v) is 4.27. The average molecular weight is 420 g/mol. The van der Waals surface area contributed by atoms with E-state index in [4.69, 9.17) is 0 Å². The number of thioether (sulfide) groups is 1. The molecular weight excluding hydrogens is 398 g/mol. The Morgan fingerprint density at radius 1 is 1.20 bits per heavy atom. The number of piperazine rings is 1. The van der Waals surface area contributed by atoms with E-state index < -0.39 is 0 Å². The van der Waals surface area contributed by atoms with Crippen LogP contribution in [0.25, 0.3) is 0 Å². The summed E-state index contributed by atoms with van der Waals surface area (Å²) in [6.07, 6.45) is 1.83. The molecule has 0 aliphatic carbocycles. The summed E-state index contributed by atoms with van der Waals surface area (Å²) < 4.78 is 1.07. The van der Waals surface area contributed by atoms with Crippen LogP contribution >= 0.6 is 27.7 Å². The Morgan fingerprint density at radius 2 is 2.00 bits per heavy atom. The highest BCUT2D eigenvalue weighted by atomic mass is 79.9. The standard InChI is InChI=1S/C19H22BrN3OS/c1-15-12-16(20)5-6-18(15)25-14-19(24)23-10-8-22(9-11-23)13-17-4-2-3-7-21-17/h2-7,12H,8-11,13-14H2,1H3. The van der Waals surface area contributed by atoms with Crippen LogP contribution < -0.4 is 0 Å². The second-order valence-corrected chi connectivity index (χ2v) is 8.11. The highest BCUT2D eigenvalue weighted by Crippen LogP contribution is 2.25. The van der Waals surface area contributed by atoms with Gasteiger partial charge in [-0.25, -0.2) is 0 Å². The van der Waals surface area contributed by atoms with Gasteiger partial charge in [-0.15, -0.1) is 11.8 Å². The molecule has 25 heavy (non-hydrogen) atoms. The van der Waals surface area contributed by atoms with Crippen molar-refractivity contribution in [3.8, 4) is 0 Å². The molecule has 1 aromatic carbocycles. The van der Waals surface area contributed by atoms with Crippen LogP contribution in [-0.4, -0.2) is 52.6 Å². The molecule has 0 spiro atoms. The second kappa shape index (κ2) is 8.83. The number of benzene rings is 1. The maximum atomic E-state index is 12.5. The van der Waals surface area contributed by atoms with Gasteiger partial charge in [-0.1, -0.05) is 22.0 Å². The van der Waals surface area contributed by atoms with Gasteiger partial charge in [0, 0.05) is 48.3 Å². The third-order valence-electron chi connectivity index (χ3n) is 4.32. The Morgan fingerprint density at radius 3 is 2.68 bits per heavy atom. The number of hydrogen-bond acceptors (Lipinski definition) is 4. The minimum absolute atomic E-state index is 0.227. The van der Waals surface area contributed by atoms with Gasteiger partial charge in [0.15, 0.2) is 0 Å². The monoisotopic (exact) mass is 419 g/mol. The minimum atomic E-state index is 0.227. The molecule has 1 amide bonds. The number of amides is 1. The number of nitrogens with zero attached hydrogens (tertiary/aromatic N) is 3. The van der Waals surface area contributed by atoms with Gasteiger partial charge in [0.05, 0.1) is 11.4 Å². The van der Waals surface area contributed by atoms with E-state index >= 15 is 0 Å². The first-order valence-electron chi connectivity index (χ1n) is 8.41. The van der Waals surface area contributed by atoms with E-state index in [0.29, 0.717) is 5.75 Å². The van der Waals surface area contributed by atoms with Gasteiger partial charge in [-0.05, 0) is 42.8 Å². The molecule has 0 bridgehead atoms. The topological polar surface area (TPSA) is 36.4 Å². The molecule has 2 heterocycles. The number of carbonyl (C=O) groups is 1. The highest BCUT2D eigenvalue weighted by Gasteiger charge is 2.21. The van der Waals surface area contributed by atoms with Crippen molar-refractivity contribution in [2.45, 2.75) is 18.4 Å². The van der Waals surface area contributed by atoms with Gasteiger partial charge in [0.2, 0.25) is 5.91 Å². The predicted octanol–water partition coefficient (Wildman–Crippen LogP) is 3.59. The molecule has 1 saturated heterocycles. The van der Waals surface area contributed by atoms with Crippen LogP contribution in [0, 0.1) is 6.92 Å². The molecule has 132 valence electrons. The Balaban J connectivity index is 1.45. The molecule has 1 aromatic heterocycles. The normalized spacial score (nSPS) is 15.4. The summed E-state index contributed by atoms with van der Waals surface area (Å²) in [6, 6.07) is 12.2. The maximum Gasteiger partial charge on any atom is 0.233 e. The van der Waals surface area contributed by atoms with Crippen molar-refractivity contribution < 1.29 is 4.79 Å². The Bertz CT molecular complexity index is 718. The van der Waals surface area contributed by atoms with Crippen LogP contribution in [-0.2, 0) is 11.3 Å². The number of carbonyl (C=O) groups excluding carboxylic acids is 1. The molecule has 1 aliphatic rings. The zero-order chi connectivity index (χ0) is 17.6. The molecular formula is C19H22BrN3OS. The van der Waals surface area contributed by atoms with E-state index in [1.165, 1.54) is 10.5 Å². The minimum Gasteiger partial charge on any atom is -0.339 e. The summed E-state index contributed by atoms with van der Waals surface area (Å²) >= 11 is 5.10. The molecule has 0 saturated carbocycles. The number of rotatable bonds is 5. The SMILES string of the molecule is Cc1cc(Br)ccc1SCC(=O)N1CCN(Cc2ccccn2)CC1. The van der Waals surface area contributed by atoms with Crippen molar-refractivity contribution in [2.75, 3.05) is 31.9 Å². The highest BCUT2D eigenvalue weighted by molar-refractivity contribution is 9.10. The van der Waals surface area contributed by atoms with Crippen molar-refractivity contribution >= 4 is 33.6 Å². The molecule has 0 atom stereocenters. The van der Waals surface area contributed by atoms with Crippen LogP contribution in [0.15, 0.2) is 52.0 Å². The quantitative estimate of drug-likeness (QED) is 0.693.